The highest BCUT2D eigenvalue weighted by molar-refractivity contribution is 6.21. The average molecular weight is 362 g/mol. The minimum atomic E-state index is 0.258. The summed E-state index contributed by atoms with van der Waals surface area (Å²) in [7, 11) is 0. The molecule has 25 heavy (non-hydrogen) atoms. The first-order chi connectivity index (χ1) is 12.2. The van der Waals surface area contributed by atoms with Gasteiger partial charge in [-0.05, 0) is 80.0 Å². The quantitative estimate of drug-likeness (QED) is 0.801. The zero-order valence-corrected chi connectivity index (χ0v) is 15.2. The second kappa shape index (κ2) is 6.92. The topological polar surface area (TPSA) is 64.9 Å². The van der Waals surface area contributed by atoms with Crippen molar-refractivity contribution in [1.29, 1.82) is 0 Å². The van der Waals surface area contributed by atoms with Crippen LogP contribution in [0, 0.1) is 18.3 Å². The summed E-state index contributed by atoms with van der Waals surface area (Å²) in [4.78, 5) is 1.52. The zero-order valence-electron chi connectivity index (χ0n) is 14.5. The summed E-state index contributed by atoms with van der Waals surface area (Å²) in [5.41, 5.74) is 1.29. The maximum absolute atomic E-state index is 6.56. The number of piperidine rings is 1. The van der Waals surface area contributed by atoms with Crippen LogP contribution in [0.1, 0.15) is 31.5 Å². The maximum atomic E-state index is 6.56. The molecule has 2 fully saturated rings. The molecule has 1 saturated carbocycles. The molecule has 4 rings (SSSR count). The van der Waals surface area contributed by atoms with E-state index in [0.717, 1.165) is 37.6 Å². The van der Waals surface area contributed by atoms with E-state index in [1.165, 1.54) is 24.1 Å². The lowest BCUT2D eigenvalue weighted by atomic mass is 9.80. The van der Waals surface area contributed by atoms with Gasteiger partial charge in [0.25, 0.3) is 0 Å². The molecular formula is C18H24ClN5O. The molecule has 1 aromatic carbocycles. The number of rotatable bonds is 6. The normalized spacial score (nSPS) is 24.9. The van der Waals surface area contributed by atoms with E-state index in [0.29, 0.717) is 17.2 Å². The van der Waals surface area contributed by atoms with Crippen LogP contribution < -0.4 is 10.1 Å². The van der Waals surface area contributed by atoms with Gasteiger partial charge in [-0.3, -0.25) is 0 Å². The third-order valence-corrected chi connectivity index (χ3v) is 6.00. The molecule has 2 heterocycles. The van der Waals surface area contributed by atoms with Gasteiger partial charge >= 0.3 is 0 Å². The molecule has 0 spiro atoms. The fourth-order valence-electron chi connectivity index (χ4n) is 3.92. The van der Waals surface area contributed by atoms with Crippen LogP contribution in [-0.4, -0.2) is 45.3 Å². The molecule has 2 aliphatic rings. The van der Waals surface area contributed by atoms with E-state index < -0.39 is 0 Å². The number of ether oxygens (including phenoxy) is 1. The number of aryl methyl sites for hydroxylation is 1. The lowest BCUT2D eigenvalue weighted by Gasteiger charge is -2.34. The molecular weight excluding hydrogens is 338 g/mol. The third-order valence-electron chi connectivity index (χ3n) is 5.54. The van der Waals surface area contributed by atoms with Gasteiger partial charge < -0.3 is 10.1 Å². The number of alkyl halides is 1. The molecule has 1 aliphatic heterocycles. The van der Waals surface area contributed by atoms with Crippen LogP contribution in [0.4, 0.5) is 0 Å². The molecule has 1 aromatic heterocycles. The van der Waals surface area contributed by atoms with Gasteiger partial charge in [0.15, 0.2) is 5.82 Å². The van der Waals surface area contributed by atoms with Crippen molar-refractivity contribution in [2.75, 3.05) is 19.7 Å². The van der Waals surface area contributed by atoms with E-state index in [1.807, 2.05) is 31.2 Å². The summed E-state index contributed by atoms with van der Waals surface area (Å²) in [6.45, 7) is 4.59. The van der Waals surface area contributed by atoms with Crippen LogP contribution in [0.2, 0.25) is 0 Å². The van der Waals surface area contributed by atoms with Crippen molar-refractivity contribution in [1.82, 2.24) is 25.5 Å². The lowest BCUT2D eigenvalue weighted by molar-refractivity contribution is 0.188. The molecule has 1 aliphatic carbocycles. The molecule has 0 bridgehead atoms. The van der Waals surface area contributed by atoms with E-state index in [9.17, 15) is 0 Å². The van der Waals surface area contributed by atoms with Crippen molar-refractivity contribution in [2.24, 2.45) is 11.3 Å². The molecule has 134 valence electrons. The van der Waals surface area contributed by atoms with E-state index in [1.54, 1.807) is 0 Å². The van der Waals surface area contributed by atoms with Crippen molar-refractivity contribution in [3.8, 4) is 11.4 Å². The second-order valence-corrected chi connectivity index (χ2v) is 7.76. The van der Waals surface area contributed by atoms with Gasteiger partial charge in [0.2, 0.25) is 0 Å². The van der Waals surface area contributed by atoms with E-state index in [2.05, 4.69) is 20.7 Å². The first-order valence-corrected chi connectivity index (χ1v) is 9.45. The van der Waals surface area contributed by atoms with Crippen LogP contribution in [0.5, 0.6) is 5.75 Å². The highest BCUT2D eigenvalue weighted by Crippen LogP contribution is 2.58. The highest BCUT2D eigenvalue weighted by atomic mass is 35.5. The fourth-order valence-corrected chi connectivity index (χ4v) is 4.42. The van der Waals surface area contributed by atoms with Crippen LogP contribution in [0.15, 0.2) is 24.3 Å². The van der Waals surface area contributed by atoms with Crippen LogP contribution in [0.3, 0.4) is 0 Å². The molecule has 2 atom stereocenters. The highest BCUT2D eigenvalue weighted by Gasteiger charge is 2.51. The Kier molecular flexibility index (Phi) is 4.65. The SMILES string of the molecule is Cc1nnn(-c2ccc(OCCC3(C4CCNCC4Cl)CC3)cc2)n1. The first-order valence-electron chi connectivity index (χ1n) is 9.01. The van der Waals surface area contributed by atoms with Crippen molar-refractivity contribution in [3.63, 3.8) is 0 Å². The number of tetrazole rings is 1. The Bertz CT molecular complexity index is 713. The minimum absolute atomic E-state index is 0.258. The Hall–Kier alpha value is -1.66. The van der Waals surface area contributed by atoms with Gasteiger partial charge in [0, 0.05) is 11.9 Å². The third kappa shape index (κ3) is 3.65. The zero-order chi connectivity index (χ0) is 17.3. The molecule has 1 N–H and O–H groups in total. The predicted octanol–water partition coefficient (Wildman–Crippen LogP) is 2.74. The van der Waals surface area contributed by atoms with Gasteiger partial charge in [0.1, 0.15) is 5.75 Å². The Morgan fingerprint density at radius 1 is 1.32 bits per heavy atom. The standard InChI is InChI=1S/C18H24ClN5O/c1-13-21-23-24(22-13)14-2-4-15(5-3-14)25-11-9-18(7-8-18)16-6-10-20-12-17(16)19/h2-5,16-17,20H,6-12H2,1H3. The van der Waals surface area contributed by atoms with Crippen molar-refractivity contribution < 1.29 is 4.74 Å². The molecule has 0 radical (unpaired) electrons. The molecule has 1 saturated heterocycles. The molecule has 0 amide bonds. The number of nitrogens with one attached hydrogen (secondary N) is 1. The Labute approximate surface area is 152 Å². The van der Waals surface area contributed by atoms with Gasteiger partial charge in [-0.1, -0.05) is 0 Å². The Morgan fingerprint density at radius 3 is 2.76 bits per heavy atom. The second-order valence-electron chi connectivity index (χ2n) is 7.20. The summed E-state index contributed by atoms with van der Waals surface area (Å²) < 4.78 is 5.98. The summed E-state index contributed by atoms with van der Waals surface area (Å²) in [6.07, 6.45) is 4.86. The van der Waals surface area contributed by atoms with E-state index in [-0.39, 0.29) is 5.38 Å². The Morgan fingerprint density at radius 2 is 2.12 bits per heavy atom. The predicted molar refractivity (Wildman–Crippen MR) is 96.3 cm³/mol. The maximum Gasteiger partial charge on any atom is 0.172 e. The summed E-state index contributed by atoms with van der Waals surface area (Å²) in [5.74, 6) is 2.16. The van der Waals surface area contributed by atoms with Gasteiger partial charge in [-0.25, -0.2) is 0 Å². The van der Waals surface area contributed by atoms with Crippen molar-refractivity contribution in [2.45, 2.75) is 38.0 Å². The monoisotopic (exact) mass is 361 g/mol. The Balaban J connectivity index is 1.31. The molecule has 6 nitrogen and oxygen atoms in total. The minimum Gasteiger partial charge on any atom is -0.494 e. The summed E-state index contributed by atoms with van der Waals surface area (Å²) in [5, 5.41) is 15.7. The smallest absolute Gasteiger partial charge is 0.172 e. The van der Waals surface area contributed by atoms with E-state index >= 15 is 0 Å². The largest absolute Gasteiger partial charge is 0.494 e. The number of hydrogen-bond donors (Lipinski definition) is 1. The first kappa shape index (κ1) is 16.8. The number of aromatic nitrogens is 4. The molecule has 2 aromatic rings. The van der Waals surface area contributed by atoms with E-state index in [4.69, 9.17) is 16.3 Å². The number of halogens is 1. The summed E-state index contributed by atoms with van der Waals surface area (Å²) in [6, 6.07) is 7.82. The fraction of sp³-hybridized carbons (Fsp3) is 0.611. The van der Waals surface area contributed by atoms with Crippen molar-refractivity contribution >= 4 is 11.6 Å². The number of hydrogen-bond acceptors (Lipinski definition) is 5. The van der Waals surface area contributed by atoms with Gasteiger partial charge in [0.05, 0.1) is 12.3 Å². The number of benzene rings is 1. The van der Waals surface area contributed by atoms with Gasteiger partial charge in [-0.15, -0.1) is 26.6 Å². The molecule has 7 heteroatoms. The van der Waals surface area contributed by atoms with Crippen LogP contribution in [0.25, 0.3) is 5.69 Å². The van der Waals surface area contributed by atoms with Crippen LogP contribution >= 0.6 is 11.6 Å². The summed E-state index contributed by atoms with van der Waals surface area (Å²) >= 11 is 6.56. The van der Waals surface area contributed by atoms with Gasteiger partial charge in [-0.2, -0.15) is 0 Å². The lowest BCUT2D eigenvalue weighted by Crippen LogP contribution is -2.41. The van der Waals surface area contributed by atoms with Crippen LogP contribution in [-0.2, 0) is 0 Å². The number of nitrogens with zero attached hydrogens (tertiary/aromatic N) is 4. The van der Waals surface area contributed by atoms with Crippen molar-refractivity contribution in [3.05, 3.63) is 30.1 Å². The molecule has 2 unspecified atom stereocenters. The average Bonchev–Trinajstić information content (AvgIpc) is 3.28.